The molecule has 0 bridgehead atoms. The minimum Gasteiger partial charge on any atom is -0.478 e. The molecule has 0 unspecified atom stereocenters. The first-order valence-corrected chi connectivity index (χ1v) is 8.49. The molecule has 25 heavy (non-hydrogen) atoms. The molecule has 0 fully saturated rings. The van der Waals surface area contributed by atoms with Crippen LogP contribution in [0.1, 0.15) is 19.4 Å². The van der Waals surface area contributed by atoms with E-state index in [1.165, 1.54) is 6.07 Å². The van der Waals surface area contributed by atoms with Crippen molar-refractivity contribution in [3.05, 3.63) is 27.8 Å². The van der Waals surface area contributed by atoms with Crippen molar-refractivity contribution < 1.29 is 33.5 Å². The number of rotatable bonds is 10. The average Bonchev–Trinajstić information content (AvgIpc) is 2.58. The molecule has 0 amide bonds. The summed E-state index contributed by atoms with van der Waals surface area (Å²) in [5.41, 5.74) is 0.117. The van der Waals surface area contributed by atoms with Crippen LogP contribution in [0.25, 0.3) is 0 Å². The summed E-state index contributed by atoms with van der Waals surface area (Å²) in [6, 6.07) is 2.50. The highest BCUT2D eigenvalue weighted by molar-refractivity contribution is 9.08. The molecule has 138 valence electrons. The lowest BCUT2D eigenvalue weighted by Crippen LogP contribution is -2.17. The monoisotopic (exact) mass is 419 g/mol. The normalized spacial score (nSPS) is 10.0. The number of alkyl halides is 1. The number of ether oxygens (including phenoxy) is 4. The molecule has 0 spiro atoms. The summed E-state index contributed by atoms with van der Waals surface area (Å²) in [6.45, 7) is 2.82. The predicted molar refractivity (Wildman–Crippen MR) is 90.0 cm³/mol. The first-order valence-electron chi connectivity index (χ1n) is 7.37. The largest absolute Gasteiger partial charge is 0.478 e. The van der Waals surface area contributed by atoms with Crippen molar-refractivity contribution in [2.45, 2.75) is 19.2 Å². The first kappa shape index (κ1) is 20.7. The van der Waals surface area contributed by atoms with Gasteiger partial charge in [0.2, 0.25) is 0 Å². The van der Waals surface area contributed by atoms with Crippen LogP contribution in [0.15, 0.2) is 12.1 Å². The van der Waals surface area contributed by atoms with Gasteiger partial charge >= 0.3 is 11.9 Å². The zero-order valence-corrected chi connectivity index (χ0v) is 15.4. The van der Waals surface area contributed by atoms with E-state index in [1.807, 2.05) is 0 Å². The molecule has 1 rings (SSSR count). The minimum atomic E-state index is -0.633. The highest BCUT2D eigenvalue weighted by atomic mass is 79.9. The standard InChI is InChI=1S/C15H18BrNO8/c1-3-22-14(18)8-24-12-5-10(7-16)11(17(20)21)6-13(12)25-9-15(19)23-4-2/h5-6H,3-4,7-9H2,1-2H3. The third-order valence-electron chi connectivity index (χ3n) is 2.79. The van der Waals surface area contributed by atoms with Crippen molar-refractivity contribution in [1.29, 1.82) is 0 Å². The van der Waals surface area contributed by atoms with Crippen LogP contribution in [-0.4, -0.2) is 43.3 Å². The topological polar surface area (TPSA) is 114 Å². The van der Waals surface area contributed by atoms with Crippen LogP contribution in [0.4, 0.5) is 5.69 Å². The second-order valence-corrected chi connectivity index (χ2v) is 5.07. The van der Waals surface area contributed by atoms with Gasteiger partial charge in [-0.25, -0.2) is 9.59 Å². The highest BCUT2D eigenvalue weighted by Gasteiger charge is 2.21. The zero-order chi connectivity index (χ0) is 18.8. The van der Waals surface area contributed by atoms with Crippen molar-refractivity contribution in [3.8, 4) is 11.5 Å². The molecule has 10 heteroatoms. The number of halogens is 1. The van der Waals surface area contributed by atoms with Gasteiger partial charge in [-0.05, 0) is 19.9 Å². The van der Waals surface area contributed by atoms with Gasteiger partial charge in [-0.15, -0.1) is 0 Å². The minimum absolute atomic E-state index is 0.0475. The Morgan fingerprint density at radius 3 is 1.92 bits per heavy atom. The molecule has 0 heterocycles. The molecule has 0 aromatic heterocycles. The second-order valence-electron chi connectivity index (χ2n) is 4.51. The summed E-state index contributed by atoms with van der Waals surface area (Å²) in [7, 11) is 0. The van der Waals surface area contributed by atoms with Crippen LogP contribution in [0.3, 0.4) is 0 Å². The van der Waals surface area contributed by atoms with Gasteiger partial charge in [0.1, 0.15) is 0 Å². The number of nitrogens with zero attached hydrogens (tertiary/aromatic N) is 1. The molecule has 0 N–H and O–H groups in total. The maximum absolute atomic E-state index is 11.4. The molecule has 0 atom stereocenters. The molecule has 0 aliphatic carbocycles. The van der Waals surface area contributed by atoms with Gasteiger partial charge in [0.25, 0.3) is 5.69 Å². The van der Waals surface area contributed by atoms with Gasteiger partial charge in [-0.2, -0.15) is 0 Å². The summed E-state index contributed by atoms with van der Waals surface area (Å²) in [5, 5.41) is 11.4. The van der Waals surface area contributed by atoms with Crippen molar-refractivity contribution in [3.63, 3.8) is 0 Å². The van der Waals surface area contributed by atoms with Gasteiger partial charge in [0.15, 0.2) is 24.7 Å². The van der Waals surface area contributed by atoms with Gasteiger partial charge in [-0.3, -0.25) is 10.1 Å². The number of hydrogen-bond donors (Lipinski definition) is 0. The molecule has 0 saturated heterocycles. The Bertz CT molecular complexity index is 634. The van der Waals surface area contributed by atoms with E-state index in [0.29, 0.717) is 5.56 Å². The van der Waals surface area contributed by atoms with E-state index in [4.69, 9.17) is 18.9 Å². The maximum Gasteiger partial charge on any atom is 0.344 e. The highest BCUT2D eigenvalue weighted by Crippen LogP contribution is 2.36. The first-order chi connectivity index (χ1) is 11.9. The third kappa shape index (κ3) is 6.57. The number of hydrogen-bond acceptors (Lipinski definition) is 8. The van der Waals surface area contributed by atoms with E-state index in [9.17, 15) is 19.7 Å². The van der Waals surface area contributed by atoms with Gasteiger partial charge < -0.3 is 18.9 Å². The molecule has 1 aromatic carbocycles. The van der Waals surface area contributed by atoms with E-state index >= 15 is 0 Å². The Hall–Kier alpha value is -2.36. The molecule has 9 nitrogen and oxygen atoms in total. The Balaban J connectivity index is 3.05. The van der Waals surface area contributed by atoms with Crippen molar-refractivity contribution in [2.24, 2.45) is 0 Å². The lowest BCUT2D eigenvalue weighted by atomic mass is 10.2. The van der Waals surface area contributed by atoms with Crippen LogP contribution >= 0.6 is 15.9 Å². The lowest BCUT2D eigenvalue weighted by Gasteiger charge is -2.13. The molecular formula is C15H18BrNO8. The molecule has 0 aliphatic heterocycles. The van der Waals surface area contributed by atoms with Crippen LogP contribution < -0.4 is 9.47 Å². The Labute approximate surface area is 152 Å². The van der Waals surface area contributed by atoms with Crippen LogP contribution in [0.5, 0.6) is 11.5 Å². The lowest BCUT2D eigenvalue weighted by molar-refractivity contribution is -0.385. The molecule has 0 aliphatic rings. The Morgan fingerprint density at radius 2 is 1.52 bits per heavy atom. The van der Waals surface area contributed by atoms with Crippen molar-refractivity contribution in [1.82, 2.24) is 0 Å². The molecule has 0 radical (unpaired) electrons. The third-order valence-corrected chi connectivity index (χ3v) is 3.39. The Morgan fingerprint density at radius 1 is 1.04 bits per heavy atom. The van der Waals surface area contributed by atoms with Crippen LogP contribution in [-0.2, 0) is 24.4 Å². The average molecular weight is 420 g/mol. The number of nitro groups is 1. The van der Waals surface area contributed by atoms with E-state index in [-0.39, 0.29) is 35.7 Å². The summed E-state index contributed by atoms with van der Waals surface area (Å²) in [4.78, 5) is 33.4. The number of esters is 2. The fourth-order valence-corrected chi connectivity index (χ4v) is 2.22. The van der Waals surface area contributed by atoms with E-state index in [1.54, 1.807) is 13.8 Å². The van der Waals surface area contributed by atoms with Crippen LogP contribution in [0, 0.1) is 10.1 Å². The maximum atomic E-state index is 11.4. The molecule has 1 aromatic rings. The fourth-order valence-electron chi connectivity index (χ4n) is 1.77. The van der Waals surface area contributed by atoms with Crippen LogP contribution in [0.2, 0.25) is 0 Å². The van der Waals surface area contributed by atoms with Crippen molar-refractivity contribution in [2.75, 3.05) is 26.4 Å². The van der Waals surface area contributed by atoms with E-state index in [0.717, 1.165) is 6.07 Å². The van der Waals surface area contributed by atoms with Gasteiger partial charge in [-0.1, -0.05) is 15.9 Å². The number of benzene rings is 1. The number of carbonyl (C=O) groups is 2. The zero-order valence-electron chi connectivity index (χ0n) is 13.8. The summed E-state index contributed by atoms with van der Waals surface area (Å²) in [6.07, 6.45) is 0. The summed E-state index contributed by atoms with van der Waals surface area (Å²) < 4.78 is 20.1. The SMILES string of the molecule is CCOC(=O)COc1cc(CBr)c([N+](=O)[O-])cc1OCC(=O)OCC. The summed E-state index contributed by atoms with van der Waals surface area (Å²) in [5.74, 6) is -1.20. The number of nitro benzene ring substituents is 1. The van der Waals surface area contributed by atoms with E-state index in [2.05, 4.69) is 15.9 Å². The quantitative estimate of drug-likeness (QED) is 0.245. The molecule has 0 saturated carbocycles. The molecular weight excluding hydrogens is 402 g/mol. The summed E-state index contributed by atoms with van der Waals surface area (Å²) >= 11 is 3.16. The van der Waals surface area contributed by atoms with Gasteiger partial charge in [0.05, 0.1) is 24.2 Å². The Kier molecular flexibility index (Phi) is 8.68. The smallest absolute Gasteiger partial charge is 0.344 e. The predicted octanol–water partition coefficient (Wildman–Crippen LogP) is 2.37. The second kappa shape index (κ2) is 10.5. The fraction of sp³-hybridized carbons (Fsp3) is 0.467. The van der Waals surface area contributed by atoms with Gasteiger partial charge in [0, 0.05) is 10.9 Å². The van der Waals surface area contributed by atoms with Crippen molar-refractivity contribution >= 4 is 33.6 Å². The van der Waals surface area contributed by atoms with E-state index < -0.39 is 30.1 Å². The number of carbonyl (C=O) groups excluding carboxylic acids is 2.